The number of sulfone groups is 1. The Hall–Kier alpha value is -2.25. The maximum atomic E-state index is 11.5. The van der Waals surface area contributed by atoms with E-state index in [0.717, 1.165) is 17.7 Å². The van der Waals surface area contributed by atoms with Gasteiger partial charge in [-0.15, -0.1) is 0 Å². The first-order chi connectivity index (χ1) is 12.9. The summed E-state index contributed by atoms with van der Waals surface area (Å²) < 4.78 is 28.5. The highest BCUT2D eigenvalue weighted by molar-refractivity contribution is 7.90. The van der Waals surface area contributed by atoms with E-state index in [1.54, 1.807) is 31.3 Å². The molecule has 0 aliphatic rings. The van der Waals surface area contributed by atoms with Gasteiger partial charge in [0.1, 0.15) is 12.4 Å². The second-order valence-electron chi connectivity index (χ2n) is 5.90. The molecule has 2 rings (SSSR count). The predicted octanol–water partition coefficient (Wildman–Crippen LogP) is 2.53. The Morgan fingerprint density at radius 2 is 1.81 bits per heavy atom. The Labute approximate surface area is 165 Å². The van der Waals surface area contributed by atoms with Gasteiger partial charge in [0, 0.05) is 24.9 Å². The molecule has 0 atom stereocenters. The van der Waals surface area contributed by atoms with Crippen LogP contribution in [0.5, 0.6) is 5.75 Å². The third-order valence-electron chi connectivity index (χ3n) is 3.74. The van der Waals surface area contributed by atoms with Crippen molar-refractivity contribution < 1.29 is 13.2 Å². The molecule has 0 saturated heterocycles. The van der Waals surface area contributed by atoms with Crippen molar-refractivity contribution in [3.05, 3.63) is 59.1 Å². The van der Waals surface area contributed by atoms with Crippen LogP contribution in [-0.4, -0.2) is 47.4 Å². The summed E-state index contributed by atoms with van der Waals surface area (Å²) in [6.45, 7) is 1.75. The lowest BCUT2D eigenvalue weighted by Crippen LogP contribution is -2.40. The van der Waals surface area contributed by atoms with Crippen molar-refractivity contribution in [3.63, 3.8) is 0 Å². The smallest absolute Gasteiger partial charge is 0.191 e. The van der Waals surface area contributed by atoms with Crippen LogP contribution in [-0.2, 0) is 16.3 Å². The van der Waals surface area contributed by atoms with E-state index in [2.05, 4.69) is 15.6 Å². The van der Waals surface area contributed by atoms with Crippen LogP contribution >= 0.6 is 11.6 Å². The van der Waals surface area contributed by atoms with E-state index >= 15 is 0 Å². The standard InChI is InChI=1S/C19H24ClN3O3S/c1-21-19(23-12-13-26-17-5-3-4-16(20)14-17)22-11-10-15-6-8-18(9-7-15)27(2,24)25/h3-9,14H,10-13H2,1-2H3,(H2,21,22,23). The number of hydrogen-bond donors (Lipinski definition) is 2. The van der Waals surface area contributed by atoms with E-state index in [0.29, 0.717) is 35.6 Å². The summed E-state index contributed by atoms with van der Waals surface area (Å²) in [5, 5.41) is 7.03. The predicted molar refractivity (Wildman–Crippen MR) is 110 cm³/mol. The van der Waals surface area contributed by atoms with E-state index in [4.69, 9.17) is 16.3 Å². The van der Waals surface area contributed by atoms with Gasteiger partial charge in [-0.2, -0.15) is 0 Å². The molecule has 0 radical (unpaired) electrons. The minimum atomic E-state index is -3.16. The van der Waals surface area contributed by atoms with E-state index in [9.17, 15) is 8.42 Å². The highest BCUT2D eigenvalue weighted by Crippen LogP contribution is 2.16. The van der Waals surface area contributed by atoms with Crippen molar-refractivity contribution in [3.8, 4) is 5.75 Å². The molecule has 0 saturated carbocycles. The quantitative estimate of drug-likeness (QED) is 0.398. The molecule has 0 fully saturated rings. The molecule has 2 aromatic carbocycles. The number of halogens is 1. The second kappa shape index (κ2) is 10.2. The Kier molecular flexibility index (Phi) is 7.94. The van der Waals surface area contributed by atoms with Crippen molar-refractivity contribution in [1.82, 2.24) is 10.6 Å². The van der Waals surface area contributed by atoms with Gasteiger partial charge >= 0.3 is 0 Å². The Morgan fingerprint density at radius 1 is 1.11 bits per heavy atom. The van der Waals surface area contributed by atoms with E-state index < -0.39 is 9.84 Å². The highest BCUT2D eigenvalue weighted by Gasteiger charge is 2.06. The van der Waals surface area contributed by atoms with Gasteiger partial charge in [0.25, 0.3) is 0 Å². The number of benzene rings is 2. The van der Waals surface area contributed by atoms with Crippen molar-refractivity contribution in [2.24, 2.45) is 4.99 Å². The molecular formula is C19H24ClN3O3S. The molecule has 0 bridgehead atoms. The van der Waals surface area contributed by atoms with Crippen LogP contribution in [0.2, 0.25) is 5.02 Å². The summed E-state index contributed by atoms with van der Waals surface area (Å²) in [4.78, 5) is 4.49. The average molecular weight is 410 g/mol. The molecule has 6 nitrogen and oxygen atoms in total. The Morgan fingerprint density at radius 3 is 2.44 bits per heavy atom. The summed E-state index contributed by atoms with van der Waals surface area (Å²) >= 11 is 5.91. The zero-order valence-corrected chi connectivity index (χ0v) is 17.0. The maximum Gasteiger partial charge on any atom is 0.191 e. The molecule has 27 heavy (non-hydrogen) atoms. The van der Waals surface area contributed by atoms with Crippen molar-refractivity contribution in [2.45, 2.75) is 11.3 Å². The van der Waals surface area contributed by atoms with Crippen LogP contribution in [0.3, 0.4) is 0 Å². The summed E-state index contributed by atoms with van der Waals surface area (Å²) in [6.07, 6.45) is 1.96. The summed E-state index contributed by atoms with van der Waals surface area (Å²) in [7, 11) is -1.45. The van der Waals surface area contributed by atoms with Crippen molar-refractivity contribution in [1.29, 1.82) is 0 Å². The maximum absolute atomic E-state index is 11.5. The molecule has 0 aliphatic carbocycles. The Bertz CT molecular complexity index is 868. The zero-order valence-electron chi connectivity index (χ0n) is 15.4. The first-order valence-corrected chi connectivity index (χ1v) is 10.8. The normalized spacial score (nSPS) is 11.9. The van der Waals surface area contributed by atoms with Crippen LogP contribution in [0.1, 0.15) is 5.56 Å². The largest absolute Gasteiger partial charge is 0.492 e. The van der Waals surface area contributed by atoms with Gasteiger partial charge < -0.3 is 15.4 Å². The molecule has 0 heterocycles. The first-order valence-electron chi connectivity index (χ1n) is 8.50. The SMILES string of the molecule is CN=C(NCCOc1cccc(Cl)c1)NCCc1ccc(S(C)(=O)=O)cc1. The molecule has 0 spiro atoms. The van der Waals surface area contributed by atoms with Crippen LogP contribution < -0.4 is 15.4 Å². The lowest BCUT2D eigenvalue weighted by Gasteiger charge is -2.12. The van der Waals surface area contributed by atoms with Gasteiger partial charge in [0.2, 0.25) is 0 Å². The van der Waals surface area contributed by atoms with Crippen molar-refractivity contribution in [2.75, 3.05) is 33.0 Å². The van der Waals surface area contributed by atoms with Crippen LogP contribution in [0, 0.1) is 0 Å². The third-order valence-corrected chi connectivity index (χ3v) is 5.10. The number of hydrogen-bond acceptors (Lipinski definition) is 4. The zero-order chi connectivity index (χ0) is 19.7. The molecule has 0 aliphatic heterocycles. The van der Waals surface area contributed by atoms with Crippen molar-refractivity contribution >= 4 is 27.4 Å². The molecule has 8 heteroatoms. The average Bonchev–Trinajstić information content (AvgIpc) is 2.63. The first kappa shape index (κ1) is 21.1. The summed E-state index contributed by atoms with van der Waals surface area (Å²) in [5.41, 5.74) is 1.05. The van der Waals surface area contributed by atoms with E-state index in [1.165, 1.54) is 6.26 Å². The number of guanidine groups is 1. The van der Waals surface area contributed by atoms with Crippen LogP contribution in [0.4, 0.5) is 0 Å². The monoisotopic (exact) mass is 409 g/mol. The van der Waals surface area contributed by atoms with Crippen LogP contribution in [0.25, 0.3) is 0 Å². The van der Waals surface area contributed by atoms with Gasteiger partial charge in [-0.1, -0.05) is 29.8 Å². The van der Waals surface area contributed by atoms with E-state index in [-0.39, 0.29) is 0 Å². The van der Waals surface area contributed by atoms with Crippen LogP contribution in [0.15, 0.2) is 58.4 Å². The lowest BCUT2D eigenvalue weighted by atomic mass is 10.1. The minimum Gasteiger partial charge on any atom is -0.492 e. The number of aliphatic imine (C=N–C) groups is 1. The summed E-state index contributed by atoms with van der Waals surface area (Å²) in [6, 6.07) is 14.2. The minimum absolute atomic E-state index is 0.330. The van der Waals surface area contributed by atoms with Gasteiger partial charge in [-0.3, -0.25) is 4.99 Å². The van der Waals surface area contributed by atoms with Gasteiger partial charge in [-0.05, 0) is 42.3 Å². The Balaban J connectivity index is 1.69. The highest BCUT2D eigenvalue weighted by atomic mass is 35.5. The number of nitrogens with one attached hydrogen (secondary N) is 2. The molecule has 0 amide bonds. The molecule has 2 aromatic rings. The number of ether oxygens (including phenoxy) is 1. The summed E-state index contributed by atoms with van der Waals surface area (Å²) in [5.74, 6) is 1.40. The molecule has 0 aromatic heterocycles. The molecular weight excluding hydrogens is 386 g/mol. The fourth-order valence-electron chi connectivity index (χ4n) is 2.34. The molecule has 2 N–H and O–H groups in total. The topological polar surface area (TPSA) is 79.8 Å². The number of nitrogens with zero attached hydrogens (tertiary/aromatic N) is 1. The fourth-order valence-corrected chi connectivity index (χ4v) is 3.16. The number of rotatable bonds is 8. The van der Waals surface area contributed by atoms with Gasteiger partial charge in [0.15, 0.2) is 15.8 Å². The van der Waals surface area contributed by atoms with Gasteiger partial charge in [-0.25, -0.2) is 8.42 Å². The fraction of sp³-hybridized carbons (Fsp3) is 0.316. The van der Waals surface area contributed by atoms with Gasteiger partial charge in [0.05, 0.1) is 11.4 Å². The second-order valence-corrected chi connectivity index (χ2v) is 8.35. The molecule has 0 unspecified atom stereocenters. The lowest BCUT2D eigenvalue weighted by molar-refractivity contribution is 0.322. The molecule has 146 valence electrons. The van der Waals surface area contributed by atoms with E-state index in [1.807, 2.05) is 24.3 Å². The third kappa shape index (κ3) is 7.48.